The number of halogens is 2. The lowest BCUT2D eigenvalue weighted by molar-refractivity contribution is 0.176. The second-order valence-electron chi connectivity index (χ2n) is 5.45. The maximum atomic E-state index is 6.16. The number of aromatic nitrogens is 1. The third-order valence-corrected chi connectivity index (χ3v) is 4.93. The smallest absolute Gasteiger partial charge is 0.135 e. The molecule has 0 aromatic carbocycles. The zero-order valence-corrected chi connectivity index (χ0v) is 11.9. The largest absolute Gasteiger partial charge is 0.296 e. The molecule has 2 fully saturated rings. The Labute approximate surface area is 118 Å². The molecule has 3 rings (SSSR count). The average Bonchev–Trinajstić information content (AvgIpc) is 2.76. The van der Waals surface area contributed by atoms with Gasteiger partial charge in [-0.3, -0.25) is 4.90 Å². The normalized spacial score (nSPS) is 28.3. The van der Waals surface area contributed by atoms with E-state index in [2.05, 4.69) is 9.88 Å². The molecule has 18 heavy (non-hydrogen) atoms. The van der Waals surface area contributed by atoms with Gasteiger partial charge in [0.25, 0.3) is 0 Å². The second-order valence-corrected chi connectivity index (χ2v) is 6.20. The van der Waals surface area contributed by atoms with E-state index >= 15 is 0 Å². The first-order chi connectivity index (χ1) is 8.74. The molecule has 1 aromatic heterocycles. The van der Waals surface area contributed by atoms with Crippen LogP contribution in [0.3, 0.4) is 0 Å². The van der Waals surface area contributed by atoms with Gasteiger partial charge in [0, 0.05) is 18.2 Å². The lowest BCUT2D eigenvalue weighted by Crippen LogP contribution is -2.34. The summed E-state index contributed by atoms with van der Waals surface area (Å²) in [6.45, 7) is 2.12. The first-order valence-electron chi connectivity index (χ1n) is 6.79. The maximum Gasteiger partial charge on any atom is 0.135 e. The van der Waals surface area contributed by atoms with Crippen LogP contribution in [0.25, 0.3) is 0 Å². The third-order valence-electron chi connectivity index (χ3n) is 4.39. The number of rotatable bonds is 2. The standard InChI is InChI=1S/C14H18Cl2N2/c15-13-6-5-11(14(16)17-13)9-18-8-7-10-3-1-2-4-12(10)18/h5-6,10,12H,1-4,7-9H2. The Bertz CT molecular complexity index is 436. The van der Waals surface area contributed by atoms with Crippen molar-refractivity contribution in [2.24, 2.45) is 5.92 Å². The van der Waals surface area contributed by atoms with Crippen molar-refractivity contribution >= 4 is 23.2 Å². The molecule has 2 aliphatic rings. The van der Waals surface area contributed by atoms with Crippen molar-refractivity contribution in [1.82, 2.24) is 9.88 Å². The molecule has 1 saturated carbocycles. The van der Waals surface area contributed by atoms with Gasteiger partial charge < -0.3 is 0 Å². The van der Waals surface area contributed by atoms with Gasteiger partial charge in [-0.15, -0.1) is 0 Å². The minimum absolute atomic E-state index is 0.473. The Hall–Kier alpha value is -0.310. The van der Waals surface area contributed by atoms with Gasteiger partial charge in [-0.25, -0.2) is 4.98 Å². The lowest BCUT2D eigenvalue weighted by Gasteiger charge is -2.31. The molecule has 2 heterocycles. The summed E-state index contributed by atoms with van der Waals surface area (Å²) in [4.78, 5) is 6.71. The average molecular weight is 285 g/mol. The Balaban J connectivity index is 1.72. The molecular weight excluding hydrogens is 267 g/mol. The highest BCUT2D eigenvalue weighted by Crippen LogP contribution is 2.37. The fourth-order valence-corrected chi connectivity index (χ4v) is 3.88. The first-order valence-corrected chi connectivity index (χ1v) is 7.54. The van der Waals surface area contributed by atoms with Gasteiger partial charge in [-0.05, 0) is 37.8 Å². The van der Waals surface area contributed by atoms with Gasteiger partial charge in [-0.1, -0.05) is 42.1 Å². The molecule has 1 saturated heterocycles. The van der Waals surface area contributed by atoms with E-state index in [0.717, 1.165) is 24.1 Å². The molecule has 4 heteroatoms. The van der Waals surface area contributed by atoms with Crippen LogP contribution in [0.4, 0.5) is 0 Å². The van der Waals surface area contributed by atoms with Crippen molar-refractivity contribution in [3.8, 4) is 0 Å². The van der Waals surface area contributed by atoms with Crippen LogP contribution >= 0.6 is 23.2 Å². The number of pyridine rings is 1. The maximum absolute atomic E-state index is 6.16. The highest BCUT2D eigenvalue weighted by molar-refractivity contribution is 6.32. The predicted molar refractivity (Wildman–Crippen MR) is 75.0 cm³/mol. The molecule has 0 amide bonds. The Morgan fingerprint density at radius 1 is 1.17 bits per heavy atom. The summed E-state index contributed by atoms with van der Waals surface area (Å²) in [5, 5.41) is 1.03. The van der Waals surface area contributed by atoms with E-state index < -0.39 is 0 Å². The molecule has 2 unspecified atom stereocenters. The third kappa shape index (κ3) is 2.52. The molecule has 0 spiro atoms. The van der Waals surface area contributed by atoms with E-state index in [1.165, 1.54) is 38.6 Å². The van der Waals surface area contributed by atoms with Crippen LogP contribution in [0, 0.1) is 5.92 Å². The van der Waals surface area contributed by atoms with Crippen molar-refractivity contribution in [3.63, 3.8) is 0 Å². The summed E-state index contributed by atoms with van der Waals surface area (Å²) in [5.74, 6) is 0.915. The molecule has 0 N–H and O–H groups in total. The van der Waals surface area contributed by atoms with Crippen LogP contribution in [-0.4, -0.2) is 22.5 Å². The SMILES string of the molecule is Clc1ccc(CN2CCC3CCCCC32)c(Cl)n1. The van der Waals surface area contributed by atoms with Crippen molar-refractivity contribution in [1.29, 1.82) is 0 Å². The summed E-state index contributed by atoms with van der Waals surface area (Å²) < 4.78 is 0. The van der Waals surface area contributed by atoms with Gasteiger partial charge in [-0.2, -0.15) is 0 Å². The molecule has 0 bridgehead atoms. The number of likely N-dealkylation sites (tertiary alicyclic amines) is 1. The molecule has 1 aliphatic heterocycles. The molecular formula is C14H18Cl2N2. The van der Waals surface area contributed by atoms with E-state index in [1.54, 1.807) is 0 Å². The Kier molecular flexibility index (Phi) is 3.78. The topological polar surface area (TPSA) is 16.1 Å². The van der Waals surface area contributed by atoms with Gasteiger partial charge in [0.15, 0.2) is 0 Å². The highest BCUT2D eigenvalue weighted by atomic mass is 35.5. The van der Waals surface area contributed by atoms with E-state index in [4.69, 9.17) is 23.2 Å². The summed E-state index contributed by atoms with van der Waals surface area (Å²) in [6, 6.07) is 4.61. The summed E-state index contributed by atoms with van der Waals surface area (Å²) in [5.41, 5.74) is 1.10. The zero-order chi connectivity index (χ0) is 12.5. The van der Waals surface area contributed by atoms with Gasteiger partial charge >= 0.3 is 0 Å². The van der Waals surface area contributed by atoms with Crippen molar-refractivity contribution in [2.45, 2.75) is 44.7 Å². The van der Waals surface area contributed by atoms with Crippen molar-refractivity contribution in [2.75, 3.05) is 6.54 Å². The molecule has 98 valence electrons. The van der Waals surface area contributed by atoms with Crippen LogP contribution < -0.4 is 0 Å². The molecule has 0 radical (unpaired) electrons. The van der Waals surface area contributed by atoms with Gasteiger partial charge in [0.2, 0.25) is 0 Å². The van der Waals surface area contributed by atoms with E-state index in [9.17, 15) is 0 Å². The van der Waals surface area contributed by atoms with E-state index in [1.807, 2.05) is 12.1 Å². The summed E-state index contributed by atoms with van der Waals surface area (Å²) >= 11 is 12.0. The quantitative estimate of drug-likeness (QED) is 0.759. The van der Waals surface area contributed by atoms with Crippen molar-refractivity contribution < 1.29 is 0 Å². The van der Waals surface area contributed by atoms with Crippen LogP contribution in [0.5, 0.6) is 0 Å². The summed E-state index contributed by atoms with van der Waals surface area (Å²) in [7, 11) is 0. The zero-order valence-electron chi connectivity index (χ0n) is 10.4. The second kappa shape index (κ2) is 5.36. The first kappa shape index (κ1) is 12.7. The monoisotopic (exact) mass is 284 g/mol. The fourth-order valence-electron chi connectivity index (χ4n) is 3.48. The number of nitrogens with zero attached hydrogens (tertiary/aromatic N) is 2. The highest BCUT2D eigenvalue weighted by Gasteiger charge is 2.35. The minimum atomic E-state index is 0.473. The van der Waals surface area contributed by atoms with Gasteiger partial charge in [0.05, 0.1) is 0 Å². The van der Waals surface area contributed by atoms with E-state index in [0.29, 0.717) is 10.3 Å². The molecule has 2 nitrogen and oxygen atoms in total. The van der Waals surface area contributed by atoms with Gasteiger partial charge in [0.1, 0.15) is 10.3 Å². The summed E-state index contributed by atoms with van der Waals surface area (Å²) in [6.07, 6.45) is 6.91. The van der Waals surface area contributed by atoms with E-state index in [-0.39, 0.29) is 0 Å². The minimum Gasteiger partial charge on any atom is -0.296 e. The van der Waals surface area contributed by atoms with Crippen LogP contribution in [0.15, 0.2) is 12.1 Å². The number of hydrogen-bond donors (Lipinski definition) is 0. The van der Waals surface area contributed by atoms with Crippen LogP contribution in [0.2, 0.25) is 10.3 Å². The van der Waals surface area contributed by atoms with Crippen LogP contribution in [-0.2, 0) is 6.54 Å². The Morgan fingerprint density at radius 2 is 2.00 bits per heavy atom. The van der Waals surface area contributed by atoms with Crippen LogP contribution in [0.1, 0.15) is 37.7 Å². The predicted octanol–water partition coefficient (Wildman–Crippen LogP) is 4.15. The molecule has 1 aromatic rings. The fraction of sp³-hybridized carbons (Fsp3) is 0.643. The number of hydrogen-bond acceptors (Lipinski definition) is 2. The molecule has 1 aliphatic carbocycles. The van der Waals surface area contributed by atoms with Crippen molar-refractivity contribution in [3.05, 3.63) is 28.0 Å². The Morgan fingerprint density at radius 3 is 2.83 bits per heavy atom. The molecule has 2 atom stereocenters. The lowest BCUT2D eigenvalue weighted by atomic mass is 9.85. The number of fused-ring (bicyclic) bond motifs is 1.